The van der Waals surface area contributed by atoms with Crippen LogP contribution in [0.2, 0.25) is 0 Å². The zero-order valence-corrected chi connectivity index (χ0v) is 30.6. The van der Waals surface area contributed by atoms with Gasteiger partial charge in [0.1, 0.15) is 17.5 Å². The Morgan fingerprint density at radius 1 is 1.05 bits per heavy atom. The number of fused-ring (bicyclic) bond motifs is 2. The molecule has 1 saturated heterocycles. The van der Waals surface area contributed by atoms with E-state index in [9.17, 15) is 32.7 Å². The highest BCUT2D eigenvalue weighted by atomic mass is 19.4. The number of hydrogen-bond donors (Lipinski definition) is 3. The van der Waals surface area contributed by atoms with Crippen LogP contribution in [0.3, 0.4) is 0 Å². The minimum absolute atomic E-state index is 0.0635. The second-order valence-electron chi connectivity index (χ2n) is 14.7. The number of carboxylic acid groups (broad SMARTS) is 1. The molecule has 3 aromatic rings. The van der Waals surface area contributed by atoms with E-state index < -0.39 is 41.6 Å². The number of rotatable bonds is 8. The number of nitrogens with zero attached hydrogens (tertiary/aromatic N) is 5. The third kappa shape index (κ3) is 7.92. The molecule has 3 aliphatic heterocycles. The summed E-state index contributed by atoms with van der Waals surface area (Å²) in [6.07, 6.45) is -0.358. The molecule has 0 radical (unpaired) electrons. The predicted molar refractivity (Wildman–Crippen MR) is 197 cm³/mol. The van der Waals surface area contributed by atoms with Crippen LogP contribution in [-0.2, 0) is 10.9 Å². The van der Waals surface area contributed by atoms with E-state index in [1.54, 1.807) is 32.9 Å². The van der Waals surface area contributed by atoms with E-state index in [-0.39, 0.29) is 46.1 Å². The lowest BCUT2D eigenvalue weighted by Crippen LogP contribution is -2.45. The Morgan fingerprint density at radius 3 is 2.45 bits per heavy atom. The van der Waals surface area contributed by atoms with E-state index in [2.05, 4.69) is 25.7 Å². The van der Waals surface area contributed by atoms with Crippen molar-refractivity contribution in [1.82, 2.24) is 15.0 Å². The van der Waals surface area contributed by atoms with Crippen molar-refractivity contribution in [2.24, 2.45) is 15.9 Å². The summed E-state index contributed by atoms with van der Waals surface area (Å²) in [5.74, 6) is -0.152. The number of ether oxygens (including phenoxy) is 2. The fraction of sp³-hybridized carbons (Fsp3) is 0.421. The van der Waals surface area contributed by atoms with E-state index in [0.29, 0.717) is 40.0 Å². The molecule has 14 nitrogen and oxygen atoms in total. The molecule has 1 aliphatic carbocycles. The molecule has 1 saturated carbocycles. The molecule has 2 aromatic carbocycles. The maximum absolute atomic E-state index is 14.2. The Morgan fingerprint density at radius 2 is 1.80 bits per heavy atom. The van der Waals surface area contributed by atoms with E-state index in [1.807, 2.05) is 6.92 Å². The summed E-state index contributed by atoms with van der Waals surface area (Å²) >= 11 is 0. The molecular weight excluding hydrogens is 723 g/mol. The van der Waals surface area contributed by atoms with Crippen LogP contribution >= 0.6 is 0 Å². The molecule has 4 amide bonds. The number of urea groups is 1. The highest BCUT2D eigenvalue weighted by molar-refractivity contribution is 6.29. The smallest absolute Gasteiger partial charge is 0.424 e. The van der Waals surface area contributed by atoms with Crippen molar-refractivity contribution in [3.8, 4) is 5.75 Å². The standard InChI is InChI=1S/C38H40F3N7O7/c1-5-47-16-13-22(14-17-47)53-28-11-8-21(18-26(28)38(39,40)41)44-34(49)45-27-10-9-23(25-19-43-55-33(25)27)31-32(48(35(50)51)36(52)54-37(2,3)4)24-12-15-42-30(24)29(46-31)20-6-7-20/h8-12,15,18-20,22,29H,5-7,13-14,16-17H2,1-4H3,(H,50,51)(H2,44,45,49). The van der Waals surface area contributed by atoms with E-state index in [4.69, 9.17) is 19.0 Å². The lowest BCUT2D eigenvalue weighted by molar-refractivity contribution is -0.139. The Balaban J connectivity index is 1.17. The highest BCUT2D eigenvalue weighted by Gasteiger charge is 2.45. The van der Waals surface area contributed by atoms with Gasteiger partial charge in [0, 0.05) is 36.1 Å². The van der Waals surface area contributed by atoms with Crippen LogP contribution in [0.15, 0.2) is 74.6 Å². The fourth-order valence-corrected chi connectivity index (χ4v) is 6.91. The maximum atomic E-state index is 14.2. The molecule has 1 unspecified atom stereocenters. The molecule has 4 heterocycles. The summed E-state index contributed by atoms with van der Waals surface area (Å²) in [6.45, 7) is 9.20. The second-order valence-corrected chi connectivity index (χ2v) is 14.7. The Hall–Kier alpha value is -5.71. The van der Waals surface area contributed by atoms with Crippen molar-refractivity contribution in [3.05, 3.63) is 71.2 Å². The first-order chi connectivity index (χ1) is 26.1. The molecule has 17 heteroatoms. The van der Waals surface area contributed by atoms with Gasteiger partial charge >= 0.3 is 24.4 Å². The topological polar surface area (TPSA) is 171 Å². The molecular formula is C38H40F3N7O7. The number of piperidine rings is 1. The largest absolute Gasteiger partial charge is 0.490 e. The van der Waals surface area contributed by atoms with Gasteiger partial charge in [-0.2, -0.15) is 18.1 Å². The first-order valence-corrected chi connectivity index (χ1v) is 18.0. The van der Waals surface area contributed by atoms with Gasteiger partial charge in [-0.3, -0.25) is 9.98 Å². The van der Waals surface area contributed by atoms with Crippen molar-refractivity contribution in [3.63, 3.8) is 0 Å². The van der Waals surface area contributed by atoms with Gasteiger partial charge in [-0.25, -0.2) is 14.4 Å². The lowest BCUT2D eigenvalue weighted by atomic mass is 9.89. The number of carbonyl (C=O) groups is 3. The molecule has 290 valence electrons. The Kier molecular flexibility index (Phi) is 9.91. The van der Waals surface area contributed by atoms with Gasteiger partial charge in [0.15, 0.2) is 5.58 Å². The first-order valence-electron chi connectivity index (χ1n) is 18.0. The summed E-state index contributed by atoms with van der Waals surface area (Å²) in [4.78, 5) is 51.6. The number of imide groups is 1. The third-order valence-corrected chi connectivity index (χ3v) is 9.66. The van der Waals surface area contributed by atoms with E-state index in [1.165, 1.54) is 30.6 Å². The average molecular weight is 764 g/mol. The van der Waals surface area contributed by atoms with Crippen molar-refractivity contribution < 1.29 is 46.7 Å². The zero-order valence-electron chi connectivity index (χ0n) is 30.6. The van der Waals surface area contributed by atoms with Gasteiger partial charge in [-0.05, 0) is 95.3 Å². The summed E-state index contributed by atoms with van der Waals surface area (Å²) in [6, 6.07) is 5.10. The predicted octanol–water partition coefficient (Wildman–Crippen LogP) is 8.07. The van der Waals surface area contributed by atoms with Crippen molar-refractivity contribution >= 4 is 52.0 Å². The van der Waals surface area contributed by atoms with Gasteiger partial charge in [0.05, 0.1) is 46.0 Å². The summed E-state index contributed by atoms with van der Waals surface area (Å²) in [5, 5.41) is 19.7. The third-order valence-electron chi connectivity index (χ3n) is 9.66. The number of carbonyl (C=O) groups excluding carboxylic acids is 2. The number of aromatic nitrogens is 1. The van der Waals surface area contributed by atoms with Gasteiger partial charge in [-0.1, -0.05) is 12.1 Å². The quantitative estimate of drug-likeness (QED) is 0.205. The van der Waals surface area contributed by atoms with E-state index >= 15 is 0 Å². The van der Waals surface area contributed by atoms with Crippen LogP contribution in [0.25, 0.3) is 11.0 Å². The number of aliphatic imine (C=N–C) groups is 2. The number of allylic oxidation sites excluding steroid dienone is 2. The molecule has 1 atom stereocenters. The summed E-state index contributed by atoms with van der Waals surface area (Å²) in [7, 11) is 0. The number of hydrogen-bond acceptors (Lipinski definition) is 10. The van der Waals surface area contributed by atoms with Gasteiger partial charge < -0.3 is 34.6 Å². The number of nitrogens with one attached hydrogen (secondary N) is 2. The second kappa shape index (κ2) is 14.5. The van der Waals surface area contributed by atoms with Crippen molar-refractivity contribution in [2.75, 3.05) is 30.3 Å². The number of amides is 4. The molecule has 2 fully saturated rings. The van der Waals surface area contributed by atoms with Crippen LogP contribution in [0.1, 0.15) is 64.5 Å². The van der Waals surface area contributed by atoms with Crippen LogP contribution in [0, 0.1) is 5.92 Å². The van der Waals surface area contributed by atoms with E-state index in [0.717, 1.165) is 38.5 Å². The average Bonchev–Trinajstić information content (AvgIpc) is 3.61. The molecule has 0 spiro atoms. The summed E-state index contributed by atoms with van der Waals surface area (Å²) < 4.78 is 59.3. The molecule has 1 aromatic heterocycles. The molecule has 3 N–H and O–H groups in total. The fourth-order valence-electron chi connectivity index (χ4n) is 6.91. The number of alkyl halides is 3. The van der Waals surface area contributed by atoms with Gasteiger partial charge in [0.2, 0.25) is 0 Å². The van der Waals surface area contributed by atoms with Crippen LogP contribution in [0.5, 0.6) is 5.75 Å². The Labute approximate surface area is 313 Å². The number of halogens is 3. The minimum atomic E-state index is -4.75. The number of anilines is 2. The molecule has 4 aliphatic rings. The zero-order chi connectivity index (χ0) is 39.2. The van der Waals surface area contributed by atoms with Crippen molar-refractivity contribution in [1.29, 1.82) is 0 Å². The highest BCUT2D eigenvalue weighted by Crippen LogP contribution is 2.43. The number of benzene rings is 2. The number of dihydropyridines is 1. The van der Waals surface area contributed by atoms with Gasteiger partial charge in [-0.15, -0.1) is 0 Å². The normalized spacial score (nSPS) is 19.1. The van der Waals surface area contributed by atoms with Crippen LogP contribution in [0.4, 0.5) is 38.9 Å². The SMILES string of the molecule is CCN1CCC(Oc2ccc(NC(=O)Nc3ccc(C4=NC(C5CC5)C5=NC=CC5=C4N(C(=O)O)C(=O)OC(C)(C)C)c4cnoc34)cc2C(F)(F)F)CC1. The van der Waals surface area contributed by atoms with Crippen LogP contribution < -0.4 is 15.4 Å². The Bertz CT molecular complexity index is 2160. The first kappa shape index (κ1) is 37.6. The molecule has 55 heavy (non-hydrogen) atoms. The van der Waals surface area contributed by atoms with Crippen LogP contribution in [-0.4, -0.2) is 87.1 Å². The molecule has 0 bridgehead atoms. The maximum Gasteiger partial charge on any atom is 0.424 e. The molecule has 7 rings (SSSR count). The number of likely N-dealkylation sites (tertiary alicyclic amines) is 1. The monoisotopic (exact) mass is 763 g/mol. The summed E-state index contributed by atoms with van der Waals surface area (Å²) in [5.41, 5.74) is -0.618. The van der Waals surface area contributed by atoms with Crippen molar-refractivity contribution in [2.45, 2.75) is 77.3 Å². The minimum Gasteiger partial charge on any atom is -0.490 e. The van der Waals surface area contributed by atoms with Gasteiger partial charge in [0.25, 0.3) is 0 Å². The lowest BCUT2D eigenvalue weighted by Gasteiger charge is -2.31.